The van der Waals surface area contributed by atoms with Gasteiger partial charge in [-0.2, -0.15) is 0 Å². The van der Waals surface area contributed by atoms with Crippen molar-refractivity contribution in [2.24, 2.45) is 17.4 Å². The SMILES string of the molecule is CC(C)CCCCCCCCCC1CC(=O)NC(CC(N)=O)C(=O)NC(Cc2ccc(O)cc2)C(=O)NC(CC(N)=O)C(=O)N2CCCC2C(=O)NC(CCC(=O)O)C(=O)NC(CO)C(=O)NC(C(C)O)C(=O)N1. The van der Waals surface area contributed by atoms with E-state index in [2.05, 4.69) is 51.1 Å². The first kappa shape index (κ1) is 61.4. The van der Waals surface area contributed by atoms with Gasteiger partial charge in [-0.1, -0.05) is 77.3 Å². The van der Waals surface area contributed by atoms with Crippen molar-refractivity contribution in [2.45, 2.75) is 184 Å². The highest BCUT2D eigenvalue weighted by Crippen LogP contribution is 2.21. The minimum Gasteiger partial charge on any atom is -0.508 e. The van der Waals surface area contributed by atoms with Gasteiger partial charge in [0.2, 0.25) is 59.1 Å². The van der Waals surface area contributed by atoms with E-state index in [1.807, 2.05) is 0 Å². The second kappa shape index (κ2) is 31.0. The number of aliphatic carboxylic acids is 1. The third-order valence-corrected chi connectivity index (χ3v) is 12.7. The molecule has 25 nitrogen and oxygen atoms in total. The van der Waals surface area contributed by atoms with E-state index in [0.29, 0.717) is 24.3 Å². The first-order valence-corrected chi connectivity index (χ1v) is 25.3. The number of aliphatic hydroxyl groups is 2. The van der Waals surface area contributed by atoms with Gasteiger partial charge in [-0.15, -0.1) is 0 Å². The number of phenols is 1. The molecule has 25 heteroatoms. The van der Waals surface area contributed by atoms with E-state index < -0.39 is 158 Å². The van der Waals surface area contributed by atoms with Crippen LogP contribution in [-0.4, -0.2) is 158 Å². The Bertz CT molecular complexity index is 2120. The van der Waals surface area contributed by atoms with Crippen LogP contribution in [0.3, 0.4) is 0 Å². The normalized spacial score (nSPS) is 24.6. The van der Waals surface area contributed by atoms with E-state index in [9.17, 15) is 73.2 Å². The van der Waals surface area contributed by atoms with Crippen molar-refractivity contribution in [1.29, 1.82) is 0 Å². The van der Waals surface area contributed by atoms with Gasteiger partial charge in [0, 0.05) is 31.8 Å². The second-order valence-corrected chi connectivity index (χ2v) is 19.5. The van der Waals surface area contributed by atoms with E-state index in [1.165, 1.54) is 31.2 Å². The maximum atomic E-state index is 14.3. The molecule has 74 heavy (non-hydrogen) atoms. The first-order valence-electron chi connectivity index (χ1n) is 25.3. The fourth-order valence-corrected chi connectivity index (χ4v) is 8.69. The van der Waals surface area contributed by atoms with Gasteiger partial charge in [0.05, 0.1) is 25.6 Å². The Hall–Kier alpha value is -6.89. The molecule has 10 amide bonds. The largest absolute Gasteiger partial charge is 0.508 e. The van der Waals surface area contributed by atoms with Gasteiger partial charge in [-0.05, 0) is 56.2 Å². The van der Waals surface area contributed by atoms with Crippen molar-refractivity contribution >= 4 is 65.0 Å². The topological polar surface area (TPSA) is 408 Å². The van der Waals surface area contributed by atoms with Crippen molar-refractivity contribution in [1.82, 2.24) is 42.1 Å². The number of nitrogens with zero attached hydrogens (tertiary/aromatic N) is 1. The third kappa shape index (κ3) is 21.3. The van der Waals surface area contributed by atoms with Gasteiger partial charge >= 0.3 is 5.97 Å². The molecule has 2 fully saturated rings. The predicted molar refractivity (Wildman–Crippen MR) is 264 cm³/mol. The summed E-state index contributed by atoms with van der Waals surface area (Å²) in [5.74, 6) is -11.3. The molecule has 0 spiro atoms. The number of phenolic OH excluding ortho intramolecular Hbond substituents is 1. The number of amides is 10. The highest BCUT2D eigenvalue weighted by Gasteiger charge is 2.41. The number of aromatic hydroxyl groups is 1. The fraction of sp³-hybridized carbons (Fsp3) is 0.653. The molecule has 0 radical (unpaired) electrons. The lowest BCUT2D eigenvalue weighted by molar-refractivity contribution is -0.143. The smallest absolute Gasteiger partial charge is 0.303 e. The highest BCUT2D eigenvalue weighted by molar-refractivity contribution is 6.00. The molecule has 2 saturated heterocycles. The Kier molecular flexibility index (Phi) is 25.7. The summed E-state index contributed by atoms with van der Waals surface area (Å²) >= 11 is 0. The predicted octanol–water partition coefficient (Wildman–Crippen LogP) is -2.12. The van der Waals surface area contributed by atoms with E-state index in [-0.39, 0.29) is 38.0 Å². The zero-order chi connectivity index (χ0) is 55.1. The number of benzene rings is 1. The standard InChI is InChI=1S/C49H76N10O15/c1-27(2)12-9-7-5-4-6-8-10-13-30-23-40(65)53-34(24-38(50)63)45(70)55-33(22-29-15-17-31(62)18-16-29)44(69)56-35(25-39(51)64)49(74)59-21-11-14-37(59)47(72)54-32(19-20-41(66)67)43(68)57-36(26-60)46(71)58-42(28(3)61)48(73)52-30/h15-18,27-28,30,32-37,42,60-62H,4-14,19-26H2,1-3H3,(H2,50,63)(H2,51,64)(H,52,73)(H,53,65)(H,54,72)(H,55,70)(H,56,69)(H,57,68)(H,58,71)(H,66,67). The quantitative estimate of drug-likeness (QED) is 0.0586. The average Bonchev–Trinajstić information content (AvgIpc) is 3.82. The zero-order valence-corrected chi connectivity index (χ0v) is 42.4. The number of fused-ring (bicyclic) bond motifs is 1. The lowest BCUT2D eigenvalue weighted by atomic mass is 10.0. The van der Waals surface area contributed by atoms with Crippen LogP contribution in [0, 0.1) is 5.92 Å². The lowest BCUT2D eigenvalue weighted by Crippen LogP contribution is -2.61. The lowest BCUT2D eigenvalue weighted by Gasteiger charge is -2.30. The molecular formula is C49H76N10O15. The molecule has 1 aromatic rings. The molecule has 2 aliphatic heterocycles. The summed E-state index contributed by atoms with van der Waals surface area (Å²) in [4.78, 5) is 149. The molecule has 2 aliphatic rings. The van der Waals surface area contributed by atoms with Crippen LogP contribution in [0.2, 0.25) is 0 Å². The maximum absolute atomic E-state index is 14.3. The van der Waals surface area contributed by atoms with Gasteiger partial charge < -0.3 is 74.0 Å². The van der Waals surface area contributed by atoms with Crippen LogP contribution in [0.5, 0.6) is 5.75 Å². The van der Waals surface area contributed by atoms with Crippen LogP contribution in [0.25, 0.3) is 0 Å². The van der Waals surface area contributed by atoms with E-state index in [0.717, 1.165) is 43.4 Å². The minimum atomic E-state index is -1.84. The number of aliphatic hydroxyl groups excluding tert-OH is 2. The summed E-state index contributed by atoms with van der Waals surface area (Å²) in [7, 11) is 0. The fourth-order valence-electron chi connectivity index (χ4n) is 8.69. The number of nitrogens with two attached hydrogens (primary N) is 2. The monoisotopic (exact) mass is 1040 g/mol. The van der Waals surface area contributed by atoms with Gasteiger partial charge in [0.25, 0.3) is 0 Å². The maximum Gasteiger partial charge on any atom is 0.303 e. The van der Waals surface area contributed by atoms with Crippen LogP contribution in [0.15, 0.2) is 24.3 Å². The number of nitrogens with one attached hydrogen (secondary N) is 7. The van der Waals surface area contributed by atoms with Crippen LogP contribution >= 0.6 is 0 Å². The number of primary amides is 2. The molecule has 15 N–H and O–H groups in total. The van der Waals surface area contributed by atoms with E-state index in [1.54, 1.807) is 0 Å². The van der Waals surface area contributed by atoms with Crippen LogP contribution in [0.4, 0.5) is 0 Å². The Labute approximate surface area is 429 Å². The molecule has 0 bridgehead atoms. The summed E-state index contributed by atoms with van der Waals surface area (Å²) in [6.07, 6.45) is 2.38. The van der Waals surface area contributed by atoms with Crippen molar-refractivity contribution in [3.05, 3.63) is 29.8 Å². The van der Waals surface area contributed by atoms with Crippen LogP contribution < -0.4 is 48.7 Å². The van der Waals surface area contributed by atoms with Crippen LogP contribution in [0.1, 0.15) is 129 Å². The summed E-state index contributed by atoms with van der Waals surface area (Å²) in [6.45, 7) is 4.30. The number of hydrogen-bond donors (Lipinski definition) is 13. The van der Waals surface area contributed by atoms with Crippen molar-refractivity contribution in [3.8, 4) is 5.75 Å². The number of carboxylic acids is 1. The number of rotatable bonds is 21. The number of carbonyl (C=O) groups excluding carboxylic acids is 10. The highest BCUT2D eigenvalue weighted by atomic mass is 16.4. The molecule has 0 aliphatic carbocycles. The molecule has 1 aromatic carbocycles. The van der Waals surface area contributed by atoms with E-state index in [4.69, 9.17) is 11.5 Å². The van der Waals surface area contributed by atoms with Gasteiger partial charge in [0.15, 0.2) is 0 Å². The van der Waals surface area contributed by atoms with Gasteiger partial charge in [-0.25, -0.2) is 0 Å². The van der Waals surface area contributed by atoms with Crippen molar-refractivity contribution in [2.75, 3.05) is 13.2 Å². The number of hydrogen-bond acceptors (Lipinski definition) is 14. The summed E-state index contributed by atoms with van der Waals surface area (Å²) in [6, 6.07) is -7.33. The number of unbranched alkanes of at least 4 members (excludes halogenated alkanes) is 6. The Morgan fingerprint density at radius 1 is 0.649 bits per heavy atom. The van der Waals surface area contributed by atoms with Crippen molar-refractivity contribution in [3.63, 3.8) is 0 Å². The average molecular weight is 1050 g/mol. The van der Waals surface area contributed by atoms with Gasteiger partial charge in [0.1, 0.15) is 48.0 Å². The second-order valence-electron chi connectivity index (χ2n) is 19.5. The Morgan fingerprint density at radius 3 is 1.78 bits per heavy atom. The molecule has 2 heterocycles. The minimum absolute atomic E-state index is 0.0153. The molecular weight excluding hydrogens is 969 g/mol. The van der Waals surface area contributed by atoms with Crippen molar-refractivity contribution < 1.29 is 73.2 Å². The summed E-state index contributed by atoms with van der Waals surface area (Å²) < 4.78 is 0. The Balaban J connectivity index is 2.10. The molecule has 0 aromatic heterocycles. The molecule has 9 unspecified atom stereocenters. The first-order chi connectivity index (χ1) is 35.0. The molecule has 0 saturated carbocycles. The third-order valence-electron chi connectivity index (χ3n) is 12.7. The molecule has 3 rings (SSSR count). The molecule has 9 atom stereocenters. The van der Waals surface area contributed by atoms with E-state index >= 15 is 0 Å². The van der Waals surface area contributed by atoms with Gasteiger partial charge in [-0.3, -0.25) is 52.7 Å². The Morgan fingerprint density at radius 2 is 1.19 bits per heavy atom. The number of carboxylic acid groups (broad SMARTS) is 1. The summed E-state index contributed by atoms with van der Waals surface area (Å²) in [5.41, 5.74) is 11.4. The number of carbonyl (C=O) groups is 11. The zero-order valence-electron chi connectivity index (χ0n) is 42.4. The van der Waals surface area contributed by atoms with Crippen LogP contribution in [-0.2, 0) is 59.2 Å². The molecule has 412 valence electrons. The summed E-state index contributed by atoms with van der Waals surface area (Å²) in [5, 5.41) is 57.4.